The number of hydrogen-bond donors (Lipinski definition) is 2. The predicted molar refractivity (Wildman–Crippen MR) is 110 cm³/mol. The molecule has 2 N–H and O–H groups in total. The highest BCUT2D eigenvalue weighted by atomic mass is 28.3. The number of carboxylic acid groups (broad SMARTS) is 1. The third-order valence-corrected chi connectivity index (χ3v) is 4.38. The van der Waals surface area contributed by atoms with Gasteiger partial charge in [-0.2, -0.15) is 0 Å². The van der Waals surface area contributed by atoms with Crippen molar-refractivity contribution < 1.29 is 19.4 Å². The Labute approximate surface area is 163 Å². The van der Waals surface area contributed by atoms with Crippen LogP contribution in [0.15, 0.2) is 12.1 Å². The van der Waals surface area contributed by atoms with Gasteiger partial charge in [0.1, 0.15) is 13.7 Å². The third kappa shape index (κ3) is 9.41. The van der Waals surface area contributed by atoms with Gasteiger partial charge in [-0.25, -0.2) is 0 Å². The molecule has 0 spiro atoms. The fourth-order valence-electron chi connectivity index (χ4n) is 2.36. The molecule has 0 aliphatic rings. The molecular weight excluding hydrogens is 358 g/mol. The number of nitrogens with one attached hydrogen (secondary N) is 1. The molecule has 0 fully saturated rings. The molecule has 1 aromatic rings. The van der Waals surface area contributed by atoms with Gasteiger partial charge in [0.2, 0.25) is 0 Å². The van der Waals surface area contributed by atoms with Crippen LogP contribution in [-0.2, 0) is 27.3 Å². The van der Waals surface area contributed by atoms with E-state index in [2.05, 4.69) is 36.4 Å². The van der Waals surface area contributed by atoms with Crippen LogP contribution in [0.5, 0.6) is 0 Å². The quantitative estimate of drug-likeness (QED) is 0.444. The average molecular weight is 390 g/mol. The second-order valence-electron chi connectivity index (χ2n) is 8.69. The van der Waals surface area contributed by atoms with Crippen LogP contribution in [-0.4, -0.2) is 37.3 Å². The fraction of sp³-hybridized carbons (Fsp3) is 0.524. The second kappa shape index (κ2) is 9.20. The van der Waals surface area contributed by atoms with Crippen molar-refractivity contribution in [3.8, 4) is 11.5 Å². The van der Waals surface area contributed by atoms with E-state index in [1.807, 2.05) is 39.8 Å². The molecule has 1 rings (SSSR count). The Morgan fingerprint density at radius 3 is 2.37 bits per heavy atom. The van der Waals surface area contributed by atoms with Gasteiger partial charge in [-0.05, 0) is 50.5 Å². The first kappa shape index (κ1) is 22.9. The van der Waals surface area contributed by atoms with Crippen molar-refractivity contribution >= 4 is 20.0 Å². The van der Waals surface area contributed by atoms with E-state index in [-0.39, 0.29) is 18.9 Å². The molecule has 0 saturated carbocycles. The van der Waals surface area contributed by atoms with Crippen molar-refractivity contribution in [2.24, 2.45) is 0 Å². The van der Waals surface area contributed by atoms with Crippen molar-refractivity contribution in [3.63, 3.8) is 0 Å². The molecule has 0 saturated heterocycles. The molecule has 1 aromatic carbocycles. The average Bonchev–Trinajstić information content (AvgIpc) is 2.45. The molecule has 148 valence electrons. The Bertz CT molecular complexity index is 761. The maximum absolute atomic E-state index is 11.8. The van der Waals surface area contributed by atoms with Gasteiger partial charge in [0.05, 0.1) is 13.0 Å². The SMILES string of the molecule is Cc1c(C#C[Si](C)(C)C)cc(CC(=O)O)cc1CNCC(=O)OC(C)(C)C. The minimum atomic E-state index is -1.55. The van der Waals surface area contributed by atoms with Gasteiger partial charge >= 0.3 is 11.9 Å². The summed E-state index contributed by atoms with van der Waals surface area (Å²) in [5.41, 5.74) is 6.33. The number of ether oxygens (including phenoxy) is 1. The lowest BCUT2D eigenvalue weighted by molar-refractivity contribution is -0.153. The molecule has 0 heterocycles. The van der Waals surface area contributed by atoms with Gasteiger partial charge in [0, 0.05) is 12.1 Å². The van der Waals surface area contributed by atoms with E-state index in [4.69, 9.17) is 9.84 Å². The maximum Gasteiger partial charge on any atom is 0.320 e. The fourth-order valence-corrected chi connectivity index (χ4v) is 2.87. The lowest BCUT2D eigenvalue weighted by atomic mass is 9.97. The number of carbonyl (C=O) groups is 2. The minimum absolute atomic E-state index is 0.0546. The largest absolute Gasteiger partial charge is 0.481 e. The van der Waals surface area contributed by atoms with E-state index in [9.17, 15) is 9.59 Å². The van der Waals surface area contributed by atoms with Crippen LogP contribution < -0.4 is 5.32 Å². The van der Waals surface area contributed by atoms with Gasteiger partial charge in [0.25, 0.3) is 0 Å². The lowest BCUT2D eigenvalue weighted by Gasteiger charge is -2.19. The smallest absolute Gasteiger partial charge is 0.320 e. The molecule has 0 amide bonds. The summed E-state index contributed by atoms with van der Waals surface area (Å²) in [6.45, 7) is 14.5. The summed E-state index contributed by atoms with van der Waals surface area (Å²) in [4.78, 5) is 23.0. The Hall–Kier alpha value is -2.10. The van der Waals surface area contributed by atoms with Crippen LogP contribution in [0.4, 0.5) is 0 Å². The van der Waals surface area contributed by atoms with Crippen LogP contribution in [0.1, 0.15) is 43.0 Å². The first-order valence-corrected chi connectivity index (χ1v) is 12.6. The topological polar surface area (TPSA) is 75.6 Å². The van der Waals surface area contributed by atoms with Gasteiger partial charge in [-0.3, -0.25) is 9.59 Å². The van der Waals surface area contributed by atoms with E-state index in [1.54, 1.807) is 0 Å². The Kier molecular flexibility index (Phi) is 7.82. The highest BCUT2D eigenvalue weighted by Crippen LogP contribution is 2.18. The second-order valence-corrected chi connectivity index (χ2v) is 13.4. The molecule has 27 heavy (non-hydrogen) atoms. The number of carboxylic acids is 1. The third-order valence-electron chi connectivity index (χ3n) is 3.51. The summed E-state index contributed by atoms with van der Waals surface area (Å²) in [5, 5.41) is 12.2. The summed E-state index contributed by atoms with van der Waals surface area (Å²) in [6, 6.07) is 3.72. The van der Waals surface area contributed by atoms with Gasteiger partial charge in [-0.1, -0.05) is 31.6 Å². The highest BCUT2D eigenvalue weighted by molar-refractivity contribution is 6.83. The standard InChI is InChI=1S/C21H31NO4Si/c1-15-17(8-9-27(5,6)7)10-16(12-19(23)24)11-18(15)13-22-14-20(25)26-21(2,3)4/h10-11,22H,12-14H2,1-7H3,(H,23,24). The Morgan fingerprint density at radius 2 is 1.85 bits per heavy atom. The van der Waals surface area contributed by atoms with Crippen molar-refractivity contribution in [1.29, 1.82) is 0 Å². The number of aliphatic carboxylic acids is 1. The predicted octanol–water partition coefficient (Wildman–Crippen LogP) is 3.28. The monoisotopic (exact) mass is 389 g/mol. The van der Waals surface area contributed by atoms with Gasteiger partial charge in [0.15, 0.2) is 0 Å². The summed E-state index contributed by atoms with van der Waals surface area (Å²) < 4.78 is 5.29. The number of benzene rings is 1. The zero-order chi connectivity index (χ0) is 20.8. The molecule has 0 radical (unpaired) electrons. The molecule has 0 aliphatic heterocycles. The lowest BCUT2D eigenvalue weighted by Crippen LogP contribution is -2.31. The van der Waals surface area contributed by atoms with Crippen molar-refractivity contribution in [2.45, 2.75) is 65.9 Å². The molecule has 0 unspecified atom stereocenters. The van der Waals surface area contributed by atoms with Crippen molar-refractivity contribution in [1.82, 2.24) is 5.32 Å². The van der Waals surface area contributed by atoms with E-state index in [1.165, 1.54) is 0 Å². The maximum atomic E-state index is 11.8. The highest BCUT2D eigenvalue weighted by Gasteiger charge is 2.16. The van der Waals surface area contributed by atoms with E-state index in [0.29, 0.717) is 12.1 Å². The summed E-state index contributed by atoms with van der Waals surface area (Å²) in [7, 11) is -1.55. The van der Waals surface area contributed by atoms with Crippen molar-refractivity contribution in [3.05, 3.63) is 34.4 Å². The Balaban J connectivity index is 3.01. The molecule has 0 atom stereocenters. The van der Waals surface area contributed by atoms with E-state index < -0.39 is 19.6 Å². The van der Waals surface area contributed by atoms with Crippen LogP contribution in [0.2, 0.25) is 19.6 Å². The van der Waals surface area contributed by atoms with Crippen LogP contribution >= 0.6 is 0 Å². The van der Waals surface area contributed by atoms with Gasteiger partial charge in [-0.15, -0.1) is 5.54 Å². The molecular formula is C21H31NO4Si. The minimum Gasteiger partial charge on any atom is -0.481 e. The van der Waals surface area contributed by atoms with Crippen LogP contribution in [0.25, 0.3) is 0 Å². The molecule has 0 aliphatic carbocycles. The van der Waals surface area contributed by atoms with Gasteiger partial charge < -0.3 is 15.2 Å². The zero-order valence-electron chi connectivity index (χ0n) is 17.4. The molecule has 6 heteroatoms. The summed E-state index contributed by atoms with van der Waals surface area (Å²) in [5.74, 6) is 2.04. The molecule has 0 aromatic heterocycles. The number of carbonyl (C=O) groups excluding carboxylic acids is 1. The van der Waals surface area contributed by atoms with Crippen LogP contribution in [0, 0.1) is 18.4 Å². The number of rotatable bonds is 6. The van der Waals surface area contributed by atoms with Crippen LogP contribution in [0.3, 0.4) is 0 Å². The number of esters is 1. The molecule has 0 bridgehead atoms. The Morgan fingerprint density at radius 1 is 1.22 bits per heavy atom. The first-order chi connectivity index (χ1) is 12.3. The van der Waals surface area contributed by atoms with E-state index >= 15 is 0 Å². The first-order valence-electron chi connectivity index (χ1n) is 9.07. The van der Waals surface area contributed by atoms with Crippen molar-refractivity contribution in [2.75, 3.05) is 6.54 Å². The summed E-state index contributed by atoms with van der Waals surface area (Å²) >= 11 is 0. The van der Waals surface area contributed by atoms with E-state index in [0.717, 1.165) is 16.7 Å². The normalized spacial score (nSPS) is 11.5. The zero-order valence-corrected chi connectivity index (χ0v) is 18.4. The molecule has 5 nitrogen and oxygen atoms in total. The number of hydrogen-bond acceptors (Lipinski definition) is 4. The summed E-state index contributed by atoms with van der Waals surface area (Å²) in [6.07, 6.45) is -0.0546.